The highest BCUT2D eigenvalue weighted by Gasteiger charge is 2.42. The van der Waals surface area contributed by atoms with Crippen LogP contribution in [-0.2, 0) is 6.54 Å². The van der Waals surface area contributed by atoms with Crippen LogP contribution in [0.3, 0.4) is 0 Å². The third-order valence-electron chi connectivity index (χ3n) is 4.39. The Bertz CT molecular complexity index is 655. The number of carbonyl (C=O) groups excluding carboxylic acids is 1. The van der Waals surface area contributed by atoms with Crippen LogP contribution in [-0.4, -0.2) is 23.2 Å². The van der Waals surface area contributed by atoms with Gasteiger partial charge in [-0.3, -0.25) is 4.79 Å². The van der Waals surface area contributed by atoms with Crippen molar-refractivity contribution in [2.45, 2.75) is 58.3 Å². The van der Waals surface area contributed by atoms with E-state index in [0.29, 0.717) is 18.4 Å². The summed E-state index contributed by atoms with van der Waals surface area (Å²) in [5, 5.41) is 5.13. The van der Waals surface area contributed by atoms with Gasteiger partial charge in [0.15, 0.2) is 0 Å². The molecule has 0 bridgehead atoms. The first kappa shape index (κ1) is 18.4. The maximum atomic E-state index is 12.8. The summed E-state index contributed by atoms with van der Waals surface area (Å²) in [4.78, 5) is 26.4. The van der Waals surface area contributed by atoms with E-state index in [2.05, 4.69) is 15.6 Å². The first-order valence-corrected chi connectivity index (χ1v) is 7.97. The van der Waals surface area contributed by atoms with E-state index in [1.807, 2.05) is 0 Å². The molecule has 0 unspecified atom stereocenters. The van der Waals surface area contributed by atoms with Crippen molar-refractivity contribution in [2.75, 3.05) is 0 Å². The van der Waals surface area contributed by atoms with Crippen molar-refractivity contribution < 1.29 is 18.0 Å². The SMILES string of the molecule is Cc1cc(C)c(CNC(=O)N[C@@H]2CCC[C@@H](C(F)(F)F)C2)c(=O)[nH]1. The second kappa shape index (κ2) is 7.27. The van der Waals surface area contributed by atoms with E-state index in [1.165, 1.54) is 0 Å². The molecule has 1 aromatic heterocycles. The molecule has 5 nitrogen and oxygen atoms in total. The molecule has 24 heavy (non-hydrogen) atoms. The monoisotopic (exact) mass is 345 g/mol. The van der Waals surface area contributed by atoms with Gasteiger partial charge in [0.05, 0.1) is 12.5 Å². The average molecular weight is 345 g/mol. The van der Waals surface area contributed by atoms with Crippen LogP contribution in [0.15, 0.2) is 10.9 Å². The molecule has 8 heteroatoms. The van der Waals surface area contributed by atoms with Crippen molar-refractivity contribution in [3.05, 3.63) is 33.2 Å². The van der Waals surface area contributed by atoms with Gasteiger partial charge in [-0.25, -0.2) is 4.79 Å². The van der Waals surface area contributed by atoms with Gasteiger partial charge in [0.1, 0.15) is 0 Å². The summed E-state index contributed by atoms with van der Waals surface area (Å²) in [5.41, 5.74) is 1.65. The largest absolute Gasteiger partial charge is 0.391 e. The van der Waals surface area contributed by atoms with Crippen molar-refractivity contribution in [3.8, 4) is 0 Å². The van der Waals surface area contributed by atoms with Crippen LogP contribution in [0.4, 0.5) is 18.0 Å². The zero-order valence-corrected chi connectivity index (χ0v) is 13.7. The van der Waals surface area contributed by atoms with E-state index >= 15 is 0 Å². The second-order valence-corrected chi connectivity index (χ2v) is 6.37. The molecule has 1 fully saturated rings. The van der Waals surface area contributed by atoms with Gasteiger partial charge < -0.3 is 15.6 Å². The van der Waals surface area contributed by atoms with Crippen molar-refractivity contribution in [3.63, 3.8) is 0 Å². The summed E-state index contributed by atoms with van der Waals surface area (Å²) in [6.07, 6.45) is -3.23. The van der Waals surface area contributed by atoms with Crippen LogP contribution in [0, 0.1) is 19.8 Å². The Morgan fingerprint density at radius 1 is 1.33 bits per heavy atom. The molecule has 2 rings (SSSR count). The number of halogens is 3. The molecule has 0 saturated heterocycles. The summed E-state index contributed by atoms with van der Waals surface area (Å²) >= 11 is 0. The fraction of sp³-hybridized carbons (Fsp3) is 0.625. The minimum atomic E-state index is -4.22. The lowest BCUT2D eigenvalue weighted by atomic mass is 9.85. The van der Waals surface area contributed by atoms with Crippen LogP contribution in [0.5, 0.6) is 0 Å². The van der Waals surface area contributed by atoms with Crippen LogP contribution in [0.2, 0.25) is 0 Å². The molecular formula is C16H22F3N3O2. The van der Waals surface area contributed by atoms with E-state index in [0.717, 1.165) is 11.3 Å². The number of aryl methyl sites for hydroxylation is 2. The molecule has 1 saturated carbocycles. The molecule has 0 radical (unpaired) electrons. The van der Waals surface area contributed by atoms with Crippen molar-refractivity contribution in [2.24, 2.45) is 5.92 Å². The smallest absolute Gasteiger partial charge is 0.335 e. The van der Waals surface area contributed by atoms with Crippen molar-refractivity contribution >= 4 is 6.03 Å². The molecule has 1 aliphatic carbocycles. The highest BCUT2D eigenvalue weighted by Crippen LogP contribution is 2.37. The molecule has 2 amide bonds. The van der Waals surface area contributed by atoms with Gasteiger partial charge in [0, 0.05) is 17.3 Å². The molecule has 0 aliphatic heterocycles. The average Bonchev–Trinajstić information content (AvgIpc) is 2.45. The highest BCUT2D eigenvalue weighted by atomic mass is 19.4. The maximum absolute atomic E-state index is 12.8. The zero-order valence-electron chi connectivity index (χ0n) is 13.7. The Morgan fingerprint density at radius 2 is 2.04 bits per heavy atom. The predicted octanol–water partition coefficient (Wildman–Crippen LogP) is 2.91. The lowest BCUT2D eigenvalue weighted by Gasteiger charge is -2.31. The topological polar surface area (TPSA) is 74.0 Å². The van der Waals surface area contributed by atoms with Gasteiger partial charge in [-0.05, 0) is 44.7 Å². The number of aromatic amines is 1. The number of alkyl halides is 3. The minimum Gasteiger partial charge on any atom is -0.335 e. The molecule has 3 N–H and O–H groups in total. The number of amides is 2. The quantitative estimate of drug-likeness (QED) is 0.788. The first-order chi connectivity index (χ1) is 11.2. The maximum Gasteiger partial charge on any atom is 0.391 e. The minimum absolute atomic E-state index is 0.0305. The Labute approximate surface area is 138 Å². The normalized spacial score (nSPS) is 21.4. The fourth-order valence-corrected chi connectivity index (χ4v) is 3.12. The van der Waals surface area contributed by atoms with E-state index in [4.69, 9.17) is 0 Å². The third-order valence-corrected chi connectivity index (χ3v) is 4.39. The van der Waals surface area contributed by atoms with Gasteiger partial charge >= 0.3 is 12.2 Å². The van der Waals surface area contributed by atoms with E-state index in [9.17, 15) is 22.8 Å². The highest BCUT2D eigenvalue weighted by molar-refractivity contribution is 5.74. The van der Waals surface area contributed by atoms with E-state index < -0.39 is 24.2 Å². The third kappa shape index (κ3) is 4.75. The molecule has 1 aliphatic rings. The van der Waals surface area contributed by atoms with Crippen LogP contribution in [0.25, 0.3) is 0 Å². The van der Waals surface area contributed by atoms with Gasteiger partial charge in [-0.2, -0.15) is 13.2 Å². The number of hydrogen-bond acceptors (Lipinski definition) is 2. The number of urea groups is 1. The second-order valence-electron chi connectivity index (χ2n) is 6.37. The number of H-pyrrole nitrogens is 1. The molecule has 0 spiro atoms. The van der Waals surface area contributed by atoms with E-state index in [1.54, 1.807) is 19.9 Å². The standard InChI is InChI=1S/C16H22F3N3O2/c1-9-6-10(2)21-14(23)13(9)8-20-15(24)22-12-5-3-4-11(7-12)16(17,18)19/h6,11-12H,3-5,7-8H2,1-2H3,(H,21,23)(H2,20,22,24)/t11-,12-/m1/s1. The Morgan fingerprint density at radius 3 is 2.67 bits per heavy atom. The zero-order chi connectivity index (χ0) is 17.9. The Kier molecular flexibility index (Phi) is 5.56. The molecule has 1 heterocycles. The van der Waals surface area contributed by atoms with Crippen LogP contribution in [0.1, 0.15) is 42.5 Å². The van der Waals surface area contributed by atoms with Gasteiger partial charge in [0.2, 0.25) is 0 Å². The number of hydrogen-bond donors (Lipinski definition) is 3. The summed E-state index contributed by atoms with van der Waals surface area (Å²) in [7, 11) is 0. The summed E-state index contributed by atoms with van der Waals surface area (Å²) in [6.45, 7) is 3.56. The molecule has 0 aromatic carbocycles. The van der Waals surface area contributed by atoms with Gasteiger partial charge in [0.25, 0.3) is 5.56 Å². The number of rotatable bonds is 3. The number of nitrogens with one attached hydrogen (secondary N) is 3. The lowest BCUT2D eigenvalue weighted by molar-refractivity contribution is -0.183. The summed E-state index contributed by atoms with van der Waals surface area (Å²) in [6, 6.07) is 0.746. The van der Waals surface area contributed by atoms with Crippen LogP contribution < -0.4 is 16.2 Å². The van der Waals surface area contributed by atoms with Crippen molar-refractivity contribution in [1.82, 2.24) is 15.6 Å². The molecule has 134 valence electrons. The van der Waals surface area contributed by atoms with E-state index in [-0.39, 0.29) is 24.9 Å². The van der Waals surface area contributed by atoms with Crippen LogP contribution >= 0.6 is 0 Å². The summed E-state index contributed by atoms with van der Waals surface area (Å²) < 4.78 is 38.3. The van der Waals surface area contributed by atoms with Gasteiger partial charge in [-0.1, -0.05) is 6.42 Å². The lowest BCUT2D eigenvalue weighted by Crippen LogP contribution is -2.46. The Hall–Kier alpha value is -1.99. The molecule has 2 atom stereocenters. The molecule has 1 aromatic rings. The molecular weight excluding hydrogens is 323 g/mol. The first-order valence-electron chi connectivity index (χ1n) is 7.97. The predicted molar refractivity (Wildman–Crippen MR) is 83.7 cm³/mol. The Balaban J connectivity index is 1.89. The van der Waals surface area contributed by atoms with Gasteiger partial charge in [-0.15, -0.1) is 0 Å². The summed E-state index contributed by atoms with van der Waals surface area (Å²) in [5.74, 6) is -1.36. The number of pyridine rings is 1. The number of aromatic nitrogens is 1. The number of carbonyl (C=O) groups is 1. The fourth-order valence-electron chi connectivity index (χ4n) is 3.12. The van der Waals surface area contributed by atoms with Crippen molar-refractivity contribution in [1.29, 1.82) is 0 Å².